The Kier molecular flexibility index (Phi) is 8.32. The molecular formula is C12H21BO5S. The van der Waals surface area contributed by atoms with Crippen molar-refractivity contribution in [1.29, 1.82) is 0 Å². The van der Waals surface area contributed by atoms with E-state index in [4.69, 9.17) is 20.2 Å². The summed E-state index contributed by atoms with van der Waals surface area (Å²) in [4.78, 5) is 0. The first-order valence-corrected chi connectivity index (χ1v) is 6.40. The summed E-state index contributed by atoms with van der Waals surface area (Å²) in [6, 6.07) is 7.65. The SMILES string of the molecule is CC(C)(CO)C(O)c1ccc(CS)cc1.OB(O)O. The van der Waals surface area contributed by atoms with E-state index in [1.54, 1.807) is 0 Å². The zero-order valence-corrected chi connectivity index (χ0v) is 12.0. The number of hydrogen-bond acceptors (Lipinski definition) is 6. The summed E-state index contributed by atoms with van der Waals surface area (Å²) in [6.07, 6.45) is -0.642. The first kappa shape index (κ1) is 18.4. The fraction of sp³-hybridized carbons (Fsp3) is 0.500. The van der Waals surface area contributed by atoms with Crippen LogP contribution >= 0.6 is 12.6 Å². The van der Waals surface area contributed by atoms with Crippen molar-refractivity contribution in [1.82, 2.24) is 0 Å². The Morgan fingerprint density at radius 3 is 1.89 bits per heavy atom. The van der Waals surface area contributed by atoms with Gasteiger partial charge in [0.1, 0.15) is 0 Å². The summed E-state index contributed by atoms with van der Waals surface area (Å²) < 4.78 is 0. The lowest BCUT2D eigenvalue weighted by Crippen LogP contribution is -2.25. The first-order valence-electron chi connectivity index (χ1n) is 5.77. The zero-order chi connectivity index (χ0) is 15.1. The Balaban J connectivity index is 0.000000711. The standard InChI is InChI=1S/C12H18O2S.BH3O3/c1-12(2,8-13)11(14)10-5-3-9(7-15)4-6-10;2-1(3)4/h3-6,11,13-15H,7-8H2,1-2H3;2-4H. The van der Waals surface area contributed by atoms with Crippen LogP contribution < -0.4 is 0 Å². The predicted molar refractivity (Wildman–Crippen MR) is 77.4 cm³/mol. The van der Waals surface area contributed by atoms with Crippen molar-refractivity contribution in [2.24, 2.45) is 5.41 Å². The molecule has 0 aliphatic rings. The highest BCUT2D eigenvalue weighted by Crippen LogP contribution is 2.32. The van der Waals surface area contributed by atoms with Gasteiger partial charge in [-0.1, -0.05) is 38.1 Å². The minimum absolute atomic E-state index is 0.0392. The van der Waals surface area contributed by atoms with E-state index in [0.717, 1.165) is 11.1 Å². The Bertz CT molecular complexity index is 353. The van der Waals surface area contributed by atoms with Crippen LogP contribution in [0.1, 0.15) is 31.1 Å². The van der Waals surface area contributed by atoms with Crippen molar-refractivity contribution in [3.63, 3.8) is 0 Å². The van der Waals surface area contributed by atoms with Gasteiger partial charge >= 0.3 is 7.32 Å². The largest absolute Gasteiger partial charge is 0.631 e. The molecule has 0 radical (unpaired) electrons. The maximum atomic E-state index is 10.0. The highest BCUT2D eigenvalue weighted by atomic mass is 32.1. The highest BCUT2D eigenvalue weighted by molar-refractivity contribution is 7.79. The topological polar surface area (TPSA) is 101 Å². The number of rotatable bonds is 4. The lowest BCUT2D eigenvalue weighted by Gasteiger charge is -2.28. The van der Waals surface area contributed by atoms with Gasteiger partial charge in [-0.15, -0.1) is 0 Å². The third-order valence-electron chi connectivity index (χ3n) is 2.63. The molecule has 5 N–H and O–H groups in total. The number of aliphatic hydroxyl groups excluding tert-OH is 2. The van der Waals surface area contributed by atoms with Crippen molar-refractivity contribution >= 4 is 20.0 Å². The molecule has 1 aromatic carbocycles. The van der Waals surface area contributed by atoms with Crippen molar-refractivity contribution in [2.45, 2.75) is 25.7 Å². The summed E-state index contributed by atoms with van der Waals surface area (Å²) in [6.45, 7) is 3.64. The number of benzene rings is 1. The van der Waals surface area contributed by atoms with Crippen LogP contribution in [0.5, 0.6) is 0 Å². The van der Waals surface area contributed by atoms with Crippen molar-refractivity contribution in [3.8, 4) is 0 Å². The highest BCUT2D eigenvalue weighted by Gasteiger charge is 2.28. The molecule has 1 rings (SSSR count). The van der Waals surface area contributed by atoms with E-state index in [0.29, 0.717) is 5.75 Å². The van der Waals surface area contributed by atoms with Gasteiger partial charge in [-0.3, -0.25) is 0 Å². The van der Waals surface area contributed by atoms with E-state index in [-0.39, 0.29) is 6.61 Å². The maximum Gasteiger partial charge on any atom is 0.631 e. The minimum atomic E-state index is -2.17. The lowest BCUT2D eigenvalue weighted by atomic mass is 9.83. The average Bonchev–Trinajstić information content (AvgIpc) is 2.37. The molecule has 5 nitrogen and oxygen atoms in total. The van der Waals surface area contributed by atoms with Gasteiger partial charge in [0.05, 0.1) is 12.7 Å². The van der Waals surface area contributed by atoms with E-state index in [1.807, 2.05) is 38.1 Å². The molecule has 0 spiro atoms. The summed E-state index contributed by atoms with van der Waals surface area (Å²) in [7, 11) is -2.17. The number of thiol groups is 1. The molecule has 0 aliphatic heterocycles. The second-order valence-electron chi connectivity index (χ2n) is 4.80. The molecule has 0 bridgehead atoms. The lowest BCUT2D eigenvalue weighted by molar-refractivity contribution is 0.00638. The summed E-state index contributed by atoms with van der Waals surface area (Å²) in [5.74, 6) is 0.694. The van der Waals surface area contributed by atoms with E-state index in [2.05, 4.69) is 12.6 Å². The molecule has 7 heteroatoms. The second kappa shape index (κ2) is 8.57. The van der Waals surface area contributed by atoms with Gasteiger partial charge < -0.3 is 25.3 Å². The van der Waals surface area contributed by atoms with Crippen LogP contribution in [0.2, 0.25) is 0 Å². The van der Waals surface area contributed by atoms with Gasteiger partial charge in [0.2, 0.25) is 0 Å². The molecule has 19 heavy (non-hydrogen) atoms. The monoisotopic (exact) mass is 288 g/mol. The molecular weight excluding hydrogens is 267 g/mol. The number of aliphatic hydroxyl groups is 2. The van der Waals surface area contributed by atoms with Crippen molar-refractivity contribution in [3.05, 3.63) is 35.4 Å². The van der Waals surface area contributed by atoms with Crippen molar-refractivity contribution in [2.75, 3.05) is 6.61 Å². The van der Waals surface area contributed by atoms with Crippen LogP contribution in [-0.4, -0.2) is 39.2 Å². The molecule has 1 unspecified atom stereocenters. The summed E-state index contributed by atoms with van der Waals surface area (Å²) >= 11 is 4.17. The van der Waals surface area contributed by atoms with Gasteiger partial charge in [0.25, 0.3) is 0 Å². The normalized spacial score (nSPS) is 12.4. The smallest absolute Gasteiger partial charge is 0.402 e. The summed E-state index contributed by atoms with van der Waals surface area (Å²) in [5.41, 5.74) is 1.44. The third-order valence-corrected chi connectivity index (χ3v) is 2.99. The molecule has 1 aromatic rings. The molecule has 0 fully saturated rings. The zero-order valence-electron chi connectivity index (χ0n) is 11.1. The first-order chi connectivity index (χ1) is 8.74. The van der Waals surface area contributed by atoms with E-state index in [1.165, 1.54) is 0 Å². The van der Waals surface area contributed by atoms with Crippen LogP contribution in [0.25, 0.3) is 0 Å². The summed E-state index contributed by atoms with van der Waals surface area (Å²) in [5, 5.41) is 40.7. The van der Waals surface area contributed by atoms with Crippen LogP contribution in [0.4, 0.5) is 0 Å². The fourth-order valence-corrected chi connectivity index (χ4v) is 1.55. The van der Waals surface area contributed by atoms with Crippen LogP contribution in [-0.2, 0) is 5.75 Å². The quantitative estimate of drug-likeness (QED) is 0.349. The Labute approximate surface area is 119 Å². The molecule has 0 saturated heterocycles. The van der Waals surface area contributed by atoms with E-state index in [9.17, 15) is 5.11 Å². The van der Waals surface area contributed by atoms with Crippen molar-refractivity contribution < 1.29 is 25.3 Å². The molecule has 1 atom stereocenters. The average molecular weight is 288 g/mol. The minimum Gasteiger partial charge on any atom is -0.402 e. The Hall–Kier alpha value is -0.565. The molecule has 0 aliphatic carbocycles. The van der Waals surface area contributed by atoms with E-state index < -0.39 is 18.8 Å². The number of hydrogen-bond donors (Lipinski definition) is 6. The molecule has 0 saturated carbocycles. The molecule has 0 heterocycles. The Morgan fingerprint density at radius 1 is 1.16 bits per heavy atom. The van der Waals surface area contributed by atoms with Gasteiger partial charge in [-0.05, 0) is 11.1 Å². The second-order valence-corrected chi connectivity index (χ2v) is 5.11. The Morgan fingerprint density at radius 2 is 1.58 bits per heavy atom. The van der Waals surface area contributed by atoms with Gasteiger partial charge in [0.15, 0.2) is 0 Å². The van der Waals surface area contributed by atoms with Crippen LogP contribution in [0.3, 0.4) is 0 Å². The fourth-order valence-electron chi connectivity index (χ4n) is 1.34. The molecule has 0 aromatic heterocycles. The van der Waals surface area contributed by atoms with Gasteiger partial charge in [-0.2, -0.15) is 12.6 Å². The van der Waals surface area contributed by atoms with Gasteiger partial charge in [-0.25, -0.2) is 0 Å². The predicted octanol–water partition coefficient (Wildman–Crippen LogP) is 0.116. The van der Waals surface area contributed by atoms with E-state index >= 15 is 0 Å². The third kappa shape index (κ3) is 6.96. The van der Waals surface area contributed by atoms with Crippen LogP contribution in [0.15, 0.2) is 24.3 Å². The maximum absolute atomic E-state index is 10.0. The van der Waals surface area contributed by atoms with Crippen LogP contribution in [0, 0.1) is 5.41 Å². The molecule has 0 amide bonds. The molecule has 108 valence electrons. The van der Waals surface area contributed by atoms with Gasteiger partial charge in [0, 0.05) is 11.2 Å².